The van der Waals surface area contributed by atoms with Crippen LogP contribution in [-0.2, 0) is 4.74 Å². The maximum Gasteiger partial charge on any atom is 0.412 e. The summed E-state index contributed by atoms with van der Waals surface area (Å²) >= 11 is 1.54. The van der Waals surface area contributed by atoms with E-state index < -0.39 is 0 Å². The highest BCUT2D eigenvalue weighted by Crippen LogP contribution is 2.31. The van der Waals surface area contributed by atoms with Crippen molar-refractivity contribution in [2.45, 2.75) is 33.1 Å². The first-order valence-electron chi connectivity index (χ1n) is 5.20. The van der Waals surface area contributed by atoms with Crippen molar-refractivity contribution in [3.8, 4) is 0 Å². The average molecular weight is 227 g/mol. The number of ether oxygens (including phenoxy) is 1. The lowest BCUT2D eigenvalue weighted by atomic mass is 10.0. The maximum absolute atomic E-state index is 11.2. The Hall–Kier alpha value is -1.03. The van der Waals surface area contributed by atoms with Gasteiger partial charge in [-0.3, -0.25) is 5.32 Å². The molecule has 1 N–H and O–H groups in total. The van der Waals surface area contributed by atoms with Crippen molar-refractivity contribution < 1.29 is 9.53 Å². The van der Waals surface area contributed by atoms with Gasteiger partial charge in [0.25, 0.3) is 0 Å². The van der Waals surface area contributed by atoms with Gasteiger partial charge in [-0.1, -0.05) is 13.8 Å². The lowest BCUT2D eigenvalue weighted by Gasteiger charge is -2.10. The molecule has 1 aromatic heterocycles. The predicted octanol–water partition coefficient (Wildman–Crippen LogP) is 3.83. The Balaban J connectivity index is 2.68. The second-order valence-electron chi connectivity index (χ2n) is 3.36. The van der Waals surface area contributed by atoms with Crippen LogP contribution >= 0.6 is 11.3 Å². The van der Waals surface area contributed by atoms with E-state index in [0.29, 0.717) is 12.5 Å². The van der Waals surface area contributed by atoms with E-state index >= 15 is 0 Å². The van der Waals surface area contributed by atoms with E-state index in [1.165, 1.54) is 16.9 Å². The number of rotatable bonds is 4. The molecule has 1 amide bonds. The minimum Gasteiger partial charge on any atom is -0.450 e. The Morgan fingerprint density at radius 2 is 2.33 bits per heavy atom. The quantitative estimate of drug-likeness (QED) is 0.849. The third kappa shape index (κ3) is 3.23. The van der Waals surface area contributed by atoms with Crippen molar-refractivity contribution in [3.63, 3.8) is 0 Å². The van der Waals surface area contributed by atoms with E-state index in [2.05, 4.69) is 25.2 Å². The van der Waals surface area contributed by atoms with Crippen LogP contribution in [0.2, 0.25) is 0 Å². The summed E-state index contributed by atoms with van der Waals surface area (Å²) in [7, 11) is 0. The molecule has 15 heavy (non-hydrogen) atoms. The Morgan fingerprint density at radius 3 is 2.93 bits per heavy atom. The highest BCUT2D eigenvalue weighted by molar-refractivity contribution is 7.14. The molecule has 1 aromatic rings. The van der Waals surface area contributed by atoms with Crippen LogP contribution in [0.5, 0.6) is 0 Å². The van der Waals surface area contributed by atoms with Gasteiger partial charge in [-0.05, 0) is 36.3 Å². The largest absolute Gasteiger partial charge is 0.450 e. The molecule has 1 heterocycles. The van der Waals surface area contributed by atoms with Crippen LogP contribution < -0.4 is 5.32 Å². The van der Waals surface area contributed by atoms with Gasteiger partial charge in [-0.2, -0.15) is 0 Å². The summed E-state index contributed by atoms with van der Waals surface area (Å²) in [5.74, 6) is 0.466. The Kier molecular flexibility index (Phi) is 4.62. The second kappa shape index (κ2) is 5.75. The molecule has 0 spiro atoms. The number of amides is 1. The van der Waals surface area contributed by atoms with Gasteiger partial charge in [-0.15, -0.1) is 11.3 Å². The maximum atomic E-state index is 11.2. The average Bonchev–Trinajstić information content (AvgIpc) is 2.65. The molecule has 1 atom stereocenters. The van der Waals surface area contributed by atoms with E-state index in [1.807, 2.05) is 5.38 Å². The van der Waals surface area contributed by atoms with Crippen LogP contribution in [0.15, 0.2) is 11.4 Å². The monoisotopic (exact) mass is 227 g/mol. The molecule has 84 valence electrons. The summed E-state index contributed by atoms with van der Waals surface area (Å²) in [6.07, 6.45) is 0.693. The third-order valence-electron chi connectivity index (χ3n) is 2.33. The molecule has 0 bridgehead atoms. The fourth-order valence-corrected chi connectivity index (χ4v) is 2.19. The summed E-state index contributed by atoms with van der Waals surface area (Å²) in [4.78, 5) is 11.2. The van der Waals surface area contributed by atoms with Crippen molar-refractivity contribution in [3.05, 3.63) is 17.0 Å². The Bertz CT molecular complexity index is 322. The fraction of sp³-hybridized carbons (Fsp3) is 0.545. The second-order valence-corrected chi connectivity index (χ2v) is 4.28. The van der Waals surface area contributed by atoms with Gasteiger partial charge in [-0.25, -0.2) is 4.79 Å². The van der Waals surface area contributed by atoms with E-state index in [1.54, 1.807) is 6.92 Å². The minimum atomic E-state index is -0.371. The van der Waals surface area contributed by atoms with E-state index in [-0.39, 0.29) is 6.09 Å². The third-order valence-corrected chi connectivity index (χ3v) is 3.18. The number of anilines is 1. The van der Waals surface area contributed by atoms with Crippen LogP contribution in [0.25, 0.3) is 0 Å². The molecule has 4 heteroatoms. The van der Waals surface area contributed by atoms with Crippen LogP contribution in [0, 0.1) is 0 Å². The highest BCUT2D eigenvalue weighted by Gasteiger charge is 2.12. The van der Waals surface area contributed by atoms with Crippen LogP contribution in [0.3, 0.4) is 0 Å². The van der Waals surface area contributed by atoms with Gasteiger partial charge in [0, 0.05) is 0 Å². The molecule has 0 fully saturated rings. The van der Waals surface area contributed by atoms with Crippen molar-refractivity contribution >= 4 is 22.4 Å². The predicted molar refractivity (Wildman–Crippen MR) is 63.7 cm³/mol. The lowest BCUT2D eigenvalue weighted by Crippen LogP contribution is -2.13. The molecule has 3 nitrogen and oxygen atoms in total. The molecule has 0 saturated carbocycles. The number of thiophene rings is 1. The summed E-state index contributed by atoms with van der Waals surface area (Å²) < 4.78 is 4.84. The molecule has 0 aliphatic heterocycles. The molecule has 1 unspecified atom stereocenters. The van der Waals surface area contributed by atoms with Crippen molar-refractivity contribution in [1.29, 1.82) is 0 Å². The topological polar surface area (TPSA) is 38.3 Å². The van der Waals surface area contributed by atoms with Crippen LogP contribution in [-0.4, -0.2) is 12.7 Å². The van der Waals surface area contributed by atoms with Gasteiger partial charge >= 0.3 is 6.09 Å². The standard InChI is InChI=1S/C11H17NO2S/c1-4-8(3)9-6-7-15-10(9)12-11(13)14-5-2/h6-8H,4-5H2,1-3H3,(H,12,13). The number of carbonyl (C=O) groups is 1. The zero-order chi connectivity index (χ0) is 11.3. The number of hydrogen-bond donors (Lipinski definition) is 1. The number of carbonyl (C=O) groups excluding carboxylic acids is 1. The molecule has 0 aromatic carbocycles. The molecule has 0 aliphatic rings. The zero-order valence-electron chi connectivity index (χ0n) is 9.37. The van der Waals surface area contributed by atoms with Crippen molar-refractivity contribution in [1.82, 2.24) is 0 Å². The first-order chi connectivity index (χ1) is 7.19. The molecule has 0 saturated heterocycles. The summed E-state index contributed by atoms with van der Waals surface area (Å²) in [5, 5.41) is 5.66. The minimum absolute atomic E-state index is 0.371. The Labute approximate surface area is 94.5 Å². The van der Waals surface area contributed by atoms with E-state index in [9.17, 15) is 4.79 Å². The van der Waals surface area contributed by atoms with E-state index in [4.69, 9.17) is 4.74 Å². The smallest absolute Gasteiger partial charge is 0.412 e. The van der Waals surface area contributed by atoms with Gasteiger partial charge in [0.1, 0.15) is 5.00 Å². The van der Waals surface area contributed by atoms with E-state index in [0.717, 1.165) is 11.4 Å². The van der Waals surface area contributed by atoms with Gasteiger partial charge in [0.2, 0.25) is 0 Å². The zero-order valence-corrected chi connectivity index (χ0v) is 10.2. The molecule has 1 rings (SSSR count). The van der Waals surface area contributed by atoms with Gasteiger partial charge in [0.05, 0.1) is 6.61 Å². The highest BCUT2D eigenvalue weighted by atomic mass is 32.1. The Morgan fingerprint density at radius 1 is 1.60 bits per heavy atom. The first kappa shape index (κ1) is 12.0. The normalized spacial score (nSPS) is 12.2. The van der Waals surface area contributed by atoms with Crippen molar-refractivity contribution in [2.75, 3.05) is 11.9 Å². The summed E-state index contributed by atoms with van der Waals surface area (Å²) in [6.45, 7) is 6.48. The summed E-state index contributed by atoms with van der Waals surface area (Å²) in [6, 6.07) is 2.06. The molecule has 0 aliphatic carbocycles. The SMILES string of the molecule is CCOC(=O)Nc1sccc1C(C)CC. The molecular weight excluding hydrogens is 210 g/mol. The van der Waals surface area contributed by atoms with Crippen LogP contribution in [0.4, 0.5) is 9.80 Å². The van der Waals surface area contributed by atoms with Gasteiger partial charge < -0.3 is 4.74 Å². The summed E-state index contributed by atoms with van der Waals surface area (Å²) in [5.41, 5.74) is 1.19. The molecular formula is C11H17NO2S. The number of hydrogen-bond acceptors (Lipinski definition) is 3. The lowest BCUT2D eigenvalue weighted by molar-refractivity contribution is 0.168. The van der Waals surface area contributed by atoms with Crippen molar-refractivity contribution in [2.24, 2.45) is 0 Å². The molecule has 0 radical (unpaired) electrons. The first-order valence-corrected chi connectivity index (χ1v) is 6.08. The van der Waals surface area contributed by atoms with Gasteiger partial charge in [0.15, 0.2) is 0 Å². The fourth-order valence-electron chi connectivity index (χ4n) is 1.29. The number of nitrogens with one attached hydrogen (secondary N) is 1. The van der Waals surface area contributed by atoms with Crippen LogP contribution in [0.1, 0.15) is 38.7 Å².